The van der Waals surface area contributed by atoms with Gasteiger partial charge < -0.3 is 10.6 Å². The van der Waals surface area contributed by atoms with Crippen LogP contribution in [0.1, 0.15) is 6.42 Å². The zero-order valence-corrected chi connectivity index (χ0v) is 16.2. The van der Waals surface area contributed by atoms with Crippen molar-refractivity contribution in [3.05, 3.63) is 59.6 Å². The van der Waals surface area contributed by atoms with Gasteiger partial charge in [-0.3, -0.25) is 14.4 Å². The normalized spacial score (nSPS) is 16.3. The Bertz CT molecular complexity index is 890. The number of hydrogen-bond acceptors (Lipinski definition) is 5. The monoisotopic (exact) mass is 419 g/mol. The molecular weight excluding hydrogens is 406 g/mol. The lowest BCUT2D eigenvalue weighted by atomic mass is 10.2. The third-order valence-electron chi connectivity index (χ3n) is 3.66. The molecule has 3 amide bonds. The average Bonchev–Trinajstić information content (AvgIpc) is 2.91. The number of carbonyl (C=O) groups excluding carboxylic acids is 3. The van der Waals surface area contributed by atoms with E-state index in [-0.39, 0.29) is 11.5 Å². The first-order valence-electron chi connectivity index (χ1n) is 7.90. The van der Waals surface area contributed by atoms with Gasteiger partial charge in [-0.25, -0.2) is 4.90 Å². The molecule has 0 spiro atoms. The Labute approximate surface area is 170 Å². The lowest BCUT2D eigenvalue weighted by molar-refractivity contribution is -0.123. The van der Waals surface area contributed by atoms with E-state index in [2.05, 4.69) is 10.6 Å². The molecule has 0 aromatic heterocycles. The molecule has 2 N–H and O–H groups in total. The zero-order chi connectivity index (χ0) is 19.4. The minimum absolute atomic E-state index is 0.101. The minimum atomic E-state index is -0.781. The summed E-state index contributed by atoms with van der Waals surface area (Å²) < 4.78 is 0. The molecule has 6 nitrogen and oxygen atoms in total. The standard InChI is InChI=1S/C18H14ClN3O3S2/c19-11-6-8-12(9-7-11)20-17(26)21-15(23)10-14-16(24)22(18(25)27-14)13-4-2-1-3-5-13/h1-9,14H,10H2,(H2,20,21,23,26)/t14-/m0/s1. The summed E-state index contributed by atoms with van der Waals surface area (Å²) in [5, 5.41) is 4.87. The van der Waals surface area contributed by atoms with Crippen LogP contribution in [0.5, 0.6) is 0 Å². The van der Waals surface area contributed by atoms with E-state index in [9.17, 15) is 14.4 Å². The van der Waals surface area contributed by atoms with Crippen molar-refractivity contribution in [1.29, 1.82) is 0 Å². The fraction of sp³-hybridized carbons (Fsp3) is 0.111. The number of nitrogens with zero attached hydrogens (tertiary/aromatic N) is 1. The van der Waals surface area contributed by atoms with Crippen molar-refractivity contribution < 1.29 is 14.4 Å². The Kier molecular flexibility index (Phi) is 6.10. The number of halogens is 1. The summed E-state index contributed by atoms with van der Waals surface area (Å²) in [6.07, 6.45) is -0.152. The van der Waals surface area contributed by atoms with Gasteiger partial charge in [0.15, 0.2) is 5.11 Å². The first-order chi connectivity index (χ1) is 12.9. The highest BCUT2D eigenvalue weighted by atomic mass is 35.5. The van der Waals surface area contributed by atoms with Crippen molar-refractivity contribution in [2.45, 2.75) is 11.7 Å². The van der Waals surface area contributed by atoms with Crippen LogP contribution in [0.25, 0.3) is 0 Å². The molecule has 2 aromatic rings. The van der Waals surface area contributed by atoms with E-state index >= 15 is 0 Å². The van der Waals surface area contributed by atoms with Gasteiger partial charge in [0.25, 0.3) is 5.24 Å². The lowest BCUT2D eigenvalue weighted by Crippen LogP contribution is -2.38. The molecule has 1 saturated heterocycles. The number of amides is 3. The van der Waals surface area contributed by atoms with E-state index in [1.54, 1.807) is 54.6 Å². The third kappa shape index (κ3) is 4.85. The van der Waals surface area contributed by atoms with Crippen LogP contribution in [-0.4, -0.2) is 27.4 Å². The summed E-state index contributed by atoms with van der Waals surface area (Å²) in [6, 6.07) is 15.4. The predicted octanol–water partition coefficient (Wildman–Crippen LogP) is 3.81. The van der Waals surface area contributed by atoms with Crippen LogP contribution >= 0.6 is 35.6 Å². The molecular formula is C18H14ClN3O3S2. The Morgan fingerprint density at radius 2 is 1.78 bits per heavy atom. The number of para-hydroxylation sites is 1. The van der Waals surface area contributed by atoms with Gasteiger partial charge in [-0.1, -0.05) is 29.8 Å². The molecule has 0 aliphatic carbocycles. The molecule has 9 heteroatoms. The summed E-state index contributed by atoms with van der Waals surface area (Å²) in [6.45, 7) is 0. The molecule has 0 saturated carbocycles. The molecule has 0 unspecified atom stereocenters. The molecule has 1 fully saturated rings. The number of nitrogens with one attached hydrogen (secondary N) is 2. The molecule has 1 aliphatic rings. The van der Waals surface area contributed by atoms with Crippen LogP contribution < -0.4 is 15.5 Å². The topological polar surface area (TPSA) is 78.5 Å². The van der Waals surface area contributed by atoms with Crippen molar-refractivity contribution >= 4 is 69.1 Å². The van der Waals surface area contributed by atoms with Crippen molar-refractivity contribution in [2.75, 3.05) is 10.2 Å². The van der Waals surface area contributed by atoms with Crippen LogP contribution in [-0.2, 0) is 9.59 Å². The second kappa shape index (κ2) is 8.51. The van der Waals surface area contributed by atoms with Crippen LogP contribution in [0.15, 0.2) is 54.6 Å². The third-order valence-corrected chi connectivity index (χ3v) is 5.15. The fourth-order valence-electron chi connectivity index (χ4n) is 2.44. The molecule has 138 valence electrons. The second-order valence-corrected chi connectivity index (χ2v) is 7.59. The molecule has 1 heterocycles. The Hall–Kier alpha value is -2.42. The molecule has 0 radical (unpaired) electrons. The van der Waals surface area contributed by atoms with Crippen molar-refractivity contribution in [3.63, 3.8) is 0 Å². The maximum absolute atomic E-state index is 12.5. The largest absolute Gasteiger partial charge is 0.332 e. The minimum Gasteiger partial charge on any atom is -0.332 e. The SMILES string of the molecule is O=C(C[C@@H]1SC(=O)N(c2ccccc2)C1=O)NC(=S)Nc1ccc(Cl)cc1. The molecule has 2 aromatic carbocycles. The summed E-state index contributed by atoms with van der Waals surface area (Å²) in [7, 11) is 0. The van der Waals surface area contributed by atoms with Crippen molar-refractivity contribution in [3.8, 4) is 0 Å². The Balaban J connectivity index is 1.56. The van der Waals surface area contributed by atoms with E-state index in [0.717, 1.165) is 16.7 Å². The van der Waals surface area contributed by atoms with Gasteiger partial charge in [0.05, 0.1) is 5.69 Å². The smallest absolute Gasteiger partial charge is 0.293 e. The van der Waals surface area contributed by atoms with Gasteiger partial charge in [0.1, 0.15) is 5.25 Å². The van der Waals surface area contributed by atoms with Gasteiger partial charge in [0.2, 0.25) is 11.8 Å². The summed E-state index contributed by atoms with van der Waals surface area (Å²) >= 11 is 11.7. The molecule has 27 heavy (non-hydrogen) atoms. The number of thiocarbonyl (C=S) groups is 1. The van der Waals surface area contributed by atoms with Crippen LogP contribution in [0, 0.1) is 0 Å². The maximum Gasteiger partial charge on any atom is 0.293 e. The number of thioether (sulfide) groups is 1. The van der Waals surface area contributed by atoms with Crippen molar-refractivity contribution in [1.82, 2.24) is 5.32 Å². The van der Waals surface area contributed by atoms with Crippen LogP contribution in [0.4, 0.5) is 16.2 Å². The summed E-state index contributed by atoms with van der Waals surface area (Å²) in [5.74, 6) is -0.863. The highest BCUT2D eigenvalue weighted by Gasteiger charge is 2.41. The number of anilines is 2. The van der Waals surface area contributed by atoms with Gasteiger partial charge in [-0.05, 0) is 60.4 Å². The number of benzene rings is 2. The van der Waals surface area contributed by atoms with Gasteiger partial charge >= 0.3 is 0 Å². The van der Waals surface area contributed by atoms with Crippen LogP contribution in [0.2, 0.25) is 5.02 Å². The second-order valence-electron chi connectivity index (χ2n) is 5.59. The summed E-state index contributed by atoms with van der Waals surface area (Å²) in [4.78, 5) is 37.9. The number of hydrogen-bond donors (Lipinski definition) is 2. The van der Waals surface area contributed by atoms with E-state index in [1.165, 1.54) is 0 Å². The molecule has 3 rings (SSSR count). The summed E-state index contributed by atoms with van der Waals surface area (Å²) in [5.41, 5.74) is 1.16. The fourth-order valence-corrected chi connectivity index (χ4v) is 3.78. The predicted molar refractivity (Wildman–Crippen MR) is 111 cm³/mol. The average molecular weight is 420 g/mol. The molecule has 0 bridgehead atoms. The number of carbonyl (C=O) groups is 3. The quantitative estimate of drug-likeness (QED) is 0.733. The number of imide groups is 1. The highest BCUT2D eigenvalue weighted by molar-refractivity contribution is 8.15. The first kappa shape index (κ1) is 19.3. The highest BCUT2D eigenvalue weighted by Crippen LogP contribution is 2.33. The number of rotatable bonds is 4. The van der Waals surface area contributed by atoms with Crippen molar-refractivity contribution in [2.24, 2.45) is 0 Å². The van der Waals surface area contributed by atoms with E-state index in [1.807, 2.05) is 0 Å². The van der Waals surface area contributed by atoms with Crippen LogP contribution in [0.3, 0.4) is 0 Å². The van der Waals surface area contributed by atoms with E-state index in [4.69, 9.17) is 23.8 Å². The molecule has 1 atom stereocenters. The first-order valence-corrected chi connectivity index (χ1v) is 9.56. The van der Waals surface area contributed by atoms with Gasteiger partial charge in [-0.2, -0.15) is 0 Å². The zero-order valence-electron chi connectivity index (χ0n) is 13.8. The van der Waals surface area contributed by atoms with Gasteiger partial charge in [0, 0.05) is 17.1 Å². The lowest BCUT2D eigenvalue weighted by Gasteiger charge is -2.14. The Morgan fingerprint density at radius 1 is 1.11 bits per heavy atom. The molecule has 1 aliphatic heterocycles. The van der Waals surface area contributed by atoms with Gasteiger partial charge in [-0.15, -0.1) is 0 Å². The maximum atomic E-state index is 12.5. The van der Waals surface area contributed by atoms with E-state index in [0.29, 0.717) is 16.4 Å². The van der Waals surface area contributed by atoms with E-state index < -0.39 is 22.3 Å². The Morgan fingerprint density at radius 3 is 2.44 bits per heavy atom.